The highest BCUT2D eigenvalue weighted by Gasteiger charge is 2.31. The van der Waals surface area contributed by atoms with E-state index in [1.807, 2.05) is 13.8 Å². The number of fused-ring (bicyclic) bond motifs is 1. The van der Waals surface area contributed by atoms with E-state index in [0.29, 0.717) is 17.8 Å². The number of carbonyl (C=O) groups excluding carboxylic acids is 2. The van der Waals surface area contributed by atoms with Gasteiger partial charge in [-0.25, -0.2) is 9.37 Å². The van der Waals surface area contributed by atoms with Crippen molar-refractivity contribution in [3.8, 4) is 0 Å². The second kappa shape index (κ2) is 6.68. The van der Waals surface area contributed by atoms with Crippen LogP contribution in [0.25, 0.3) is 0 Å². The van der Waals surface area contributed by atoms with Crippen LogP contribution in [0.15, 0.2) is 18.2 Å². The second-order valence-corrected chi connectivity index (χ2v) is 7.00. The van der Waals surface area contributed by atoms with E-state index in [1.165, 1.54) is 18.2 Å². The number of nitrogens with one attached hydrogen (secondary N) is 2. The number of halogens is 1. The summed E-state index contributed by atoms with van der Waals surface area (Å²) in [6.45, 7) is 4.32. The van der Waals surface area contributed by atoms with Crippen LogP contribution in [0.2, 0.25) is 0 Å². The molecule has 0 radical (unpaired) electrons. The molecule has 7 heteroatoms. The molecule has 2 amide bonds. The highest BCUT2D eigenvalue weighted by molar-refractivity contribution is 7.11. The Morgan fingerprint density at radius 2 is 2.29 bits per heavy atom. The summed E-state index contributed by atoms with van der Waals surface area (Å²) < 4.78 is 13.5. The summed E-state index contributed by atoms with van der Waals surface area (Å²) in [5.74, 6) is -1.61. The summed E-state index contributed by atoms with van der Waals surface area (Å²) in [5.41, 5.74) is 1.99. The molecule has 1 aromatic heterocycles. The van der Waals surface area contributed by atoms with Crippen LogP contribution < -0.4 is 10.6 Å². The largest absolute Gasteiger partial charge is 0.351 e. The van der Waals surface area contributed by atoms with Gasteiger partial charge in [0.1, 0.15) is 5.82 Å². The number of rotatable bonds is 4. The maximum atomic E-state index is 13.5. The van der Waals surface area contributed by atoms with E-state index in [0.717, 1.165) is 22.0 Å². The van der Waals surface area contributed by atoms with Crippen LogP contribution in [0.4, 0.5) is 10.1 Å². The first kappa shape index (κ1) is 16.6. The van der Waals surface area contributed by atoms with Crippen molar-refractivity contribution >= 4 is 28.8 Å². The molecule has 126 valence electrons. The number of anilines is 1. The van der Waals surface area contributed by atoms with Crippen molar-refractivity contribution in [1.82, 2.24) is 10.3 Å². The molecule has 0 aliphatic carbocycles. The summed E-state index contributed by atoms with van der Waals surface area (Å²) >= 11 is 1.55. The van der Waals surface area contributed by atoms with Crippen LogP contribution in [0.5, 0.6) is 0 Å². The van der Waals surface area contributed by atoms with E-state index in [2.05, 4.69) is 15.6 Å². The van der Waals surface area contributed by atoms with Gasteiger partial charge in [-0.15, -0.1) is 11.3 Å². The van der Waals surface area contributed by atoms with Gasteiger partial charge >= 0.3 is 0 Å². The van der Waals surface area contributed by atoms with Crippen molar-refractivity contribution in [1.29, 1.82) is 0 Å². The van der Waals surface area contributed by atoms with Crippen molar-refractivity contribution in [2.45, 2.75) is 39.2 Å². The second-order valence-electron chi connectivity index (χ2n) is 5.71. The molecule has 5 nitrogen and oxygen atoms in total. The molecule has 0 saturated carbocycles. The van der Waals surface area contributed by atoms with Crippen molar-refractivity contribution in [3.05, 3.63) is 45.2 Å². The molecule has 1 aromatic carbocycles. The molecular weight excluding hydrogens is 329 g/mol. The fourth-order valence-electron chi connectivity index (χ4n) is 2.88. The van der Waals surface area contributed by atoms with E-state index >= 15 is 0 Å². The monoisotopic (exact) mass is 347 g/mol. The lowest BCUT2D eigenvalue weighted by molar-refractivity contribution is -0.126. The first-order valence-electron chi connectivity index (χ1n) is 7.80. The normalized spacial score (nSPS) is 16.5. The average Bonchev–Trinajstić information content (AvgIpc) is 2.92. The summed E-state index contributed by atoms with van der Waals surface area (Å²) in [6, 6.07) is 4.07. The number of carbonyl (C=O) groups is 2. The predicted molar refractivity (Wildman–Crippen MR) is 90.5 cm³/mol. The van der Waals surface area contributed by atoms with Crippen molar-refractivity contribution in [2.75, 3.05) is 5.32 Å². The first-order chi connectivity index (χ1) is 11.5. The Labute approximate surface area is 143 Å². The number of benzene rings is 1. The standard InChI is InChI=1S/C17H18FN3O2S/c1-3-13-15(24-9(2)20-13)8-19-17(23)12-7-16(22)21-14-5-4-10(18)6-11(12)14/h4-6,12H,3,7-8H2,1-2H3,(H,19,23)(H,21,22). The van der Waals surface area contributed by atoms with Crippen molar-refractivity contribution < 1.29 is 14.0 Å². The van der Waals surface area contributed by atoms with Gasteiger partial charge in [0.15, 0.2) is 0 Å². The zero-order valence-corrected chi connectivity index (χ0v) is 14.3. The molecule has 1 atom stereocenters. The van der Waals surface area contributed by atoms with Crippen LogP contribution in [0, 0.1) is 12.7 Å². The Bertz CT molecular complexity index is 803. The molecule has 0 saturated heterocycles. The Morgan fingerprint density at radius 3 is 3.04 bits per heavy atom. The third kappa shape index (κ3) is 3.31. The van der Waals surface area contributed by atoms with E-state index in [4.69, 9.17) is 0 Å². The summed E-state index contributed by atoms with van der Waals surface area (Å²) in [5, 5.41) is 6.50. The number of aryl methyl sites for hydroxylation is 2. The lowest BCUT2D eigenvalue weighted by Crippen LogP contribution is -2.34. The minimum Gasteiger partial charge on any atom is -0.351 e. The molecule has 24 heavy (non-hydrogen) atoms. The highest BCUT2D eigenvalue weighted by Crippen LogP contribution is 2.33. The SMILES string of the molecule is CCc1nc(C)sc1CNC(=O)C1CC(=O)Nc2ccc(F)cc21. The van der Waals surface area contributed by atoms with Crippen LogP contribution in [0.3, 0.4) is 0 Å². The molecule has 0 spiro atoms. The number of amides is 2. The molecule has 1 unspecified atom stereocenters. The predicted octanol–water partition coefficient (Wildman–Crippen LogP) is 2.90. The van der Waals surface area contributed by atoms with E-state index < -0.39 is 11.7 Å². The Kier molecular flexibility index (Phi) is 4.62. The average molecular weight is 347 g/mol. The van der Waals surface area contributed by atoms with Crippen molar-refractivity contribution in [3.63, 3.8) is 0 Å². The van der Waals surface area contributed by atoms with Gasteiger partial charge in [0.2, 0.25) is 11.8 Å². The molecule has 0 fully saturated rings. The van der Waals surface area contributed by atoms with Crippen molar-refractivity contribution in [2.24, 2.45) is 0 Å². The molecule has 1 aliphatic rings. The Balaban J connectivity index is 1.78. The fraction of sp³-hybridized carbons (Fsp3) is 0.353. The number of nitrogens with zero attached hydrogens (tertiary/aromatic N) is 1. The molecular formula is C17H18FN3O2S. The lowest BCUT2D eigenvalue weighted by atomic mass is 9.89. The van der Waals surface area contributed by atoms with Crippen LogP contribution in [-0.2, 0) is 22.6 Å². The zero-order chi connectivity index (χ0) is 17.3. The van der Waals surface area contributed by atoms with Gasteiger partial charge < -0.3 is 10.6 Å². The minimum atomic E-state index is -0.677. The van der Waals surface area contributed by atoms with Crippen LogP contribution in [-0.4, -0.2) is 16.8 Å². The minimum absolute atomic E-state index is 0.0185. The first-order valence-corrected chi connectivity index (χ1v) is 8.61. The van der Waals surface area contributed by atoms with Gasteiger partial charge in [0.25, 0.3) is 0 Å². The van der Waals surface area contributed by atoms with E-state index in [-0.39, 0.29) is 18.2 Å². The third-order valence-corrected chi connectivity index (χ3v) is 5.03. The highest BCUT2D eigenvalue weighted by atomic mass is 32.1. The van der Waals surface area contributed by atoms with Crippen LogP contribution >= 0.6 is 11.3 Å². The maximum Gasteiger partial charge on any atom is 0.228 e. The third-order valence-electron chi connectivity index (χ3n) is 4.01. The van der Waals surface area contributed by atoms with Crippen LogP contribution in [0.1, 0.15) is 40.4 Å². The molecule has 3 rings (SSSR count). The fourth-order valence-corrected chi connectivity index (χ4v) is 3.85. The number of hydrogen-bond donors (Lipinski definition) is 2. The number of thiazole rings is 1. The van der Waals surface area contributed by atoms with E-state index in [9.17, 15) is 14.0 Å². The van der Waals surface area contributed by atoms with Gasteiger partial charge in [-0.05, 0) is 37.1 Å². The zero-order valence-electron chi connectivity index (χ0n) is 13.5. The molecule has 2 heterocycles. The summed E-state index contributed by atoms with van der Waals surface area (Å²) in [6.07, 6.45) is 0.820. The van der Waals surface area contributed by atoms with Gasteiger partial charge in [0, 0.05) is 17.0 Å². The molecule has 2 N–H and O–H groups in total. The molecule has 1 aliphatic heterocycles. The quantitative estimate of drug-likeness (QED) is 0.893. The van der Waals surface area contributed by atoms with Gasteiger partial charge in [-0.2, -0.15) is 0 Å². The van der Waals surface area contributed by atoms with Gasteiger partial charge in [-0.3, -0.25) is 9.59 Å². The Morgan fingerprint density at radius 1 is 1.50 bits per heavy atom. The lowest BCUT2D eigenvalue weighted by Gasteiger charge is -2.24. The van der Waals surface area contributed by atoms with Gasteiger partial charge in [0.05, 0.1) is 23.2 Å². The number of aromatic nitrogens is 1. The van der Waals surface area contributed by atoms with E-state index in [1.54, 1.807) is 11.3 Å². The summed E-state index contributed by atoms with van der Waals surface area (Å²) in [7, 11) is 0. The topological polar surface area (TPSA) is 71.1 Å². The maximum absolute atomic E-state index is 13.5. The van der Waals surface area contributed by atoms with Gasteiger partial charge in [-0.1, -0.05) is 6.92 Å². The molecule has 0 bridgehead atoms. The Hall–Kier alpha value is -2.28. The molecule has 2 aromatic rings. The smallest absolute Gasteiger partial charge is 0.228 e. The number of hydrogen-bond acceptors (Lipinski definition) is 4. The summed E-state index contributed by atoms with van der Waals surface area (Å²) in [4.78, 5) is 29.8.